The van der Waals surface area contributed by atoms with E-state index in [0.717, 1.165) is 40.4 Å². The van der Waals surface area contributed by atoms with Crippen molar-refractivity contribution in [3.8, 4) is 0 Å². The molecule has 0 amide bonds. The molecule has 0 aliphatic carbocycles. The molecule has 0 fully saturated rings. The van der Waals surface area contributed by atoms with Crippen LogP contribution < -0.4 is 5.32 Å². The Kier molecular flexibility index (Phi) is 4.76. The Morgan fingerprint density at radius 1 is 1.17 bits per heavy atom. The van der Waals surface area contributed by atoms with Gasteiger partial charge in [0, 0.05) is 11.6 Å². The van der Waals surface area contributed by atoms with E-state index < -0.39 is 0 Å². The van der Waals surface area contributed by atoms with E-state index in [1.807, 2.05) is 35.1 Å². The molecule has 0 saturated carbocycles. The molecular formula is C17H20ClN5. The average Bonchev–Trinajstić information content (AvgIpc) is 2.93. The fourth-order valence-electron chi connectivity index (χ4n) is 2.39. The van der Waals surface area contributed by atoms with Crippen molar-refractivity contribution >= 4 is 28.5 Å². The van der Waals surface area contributed by atoms with Crippen LogP contribution in [0.25, 0.3) is 11.0 Å². The van der Waals surface area contributed by atoms with E-state index in [4.69, 9.17) is 11.6 Å². The van der Waals surface area contributed by atoms with Crippen molar-refractivity contribution in [2.45, 2.75) is 26.8 Å². The number of hydrogen-bond donors (Lipinski definition) is 1. The van der Waals surface area contributed by atoms with Crippen LogP contribution >= 0.6 is 11.6 Å². The van der Waals surface area contributed by atoms with Gasteiger partial charge < -0.3 is 5.32 Å². The lowest BCUT2D eigenvalue weighted by Crippen LogP contribution is -2.07. The third-order valence-corrected chi connectivity index (χ3v) is 3.95. The van der Waals surface area contributed by atoms with Crippen molar-refractivity contribution in [2.75, 3.05) is 11.9 Å². The molecule has 0 atom stereocenters. The monoisotopic (exact) mass is 329 g/mol. The number of hydrogen-bond acceptors (Lipinski definition) is 4. The van der Waals surface area contributed by atoms with Gasteiger partial charge >= 0.3 is 0 Å². The van der Waals surface area contributed by atoms with Crippen LogP contribution in [0.1, 0.15) is 25.8 Å². The standard InChI is InChI=1S/C17H20ClN5/c1-12(2)7-8-19-16-15-9-22-23(17(15)21-11-20-16)10-13-3-5-14(18)6-4-13/h3-6,9,11-12H,7-8,10H2,1-2H3,(H,19,20,21). The highest BCUT2D eigenvalue weighted by Crippen LogP contribution is 2.20. The molecule has 2 aromatic heterocycles. The molecule has 0 aliphatic rings. The largest absolute Gasteiger partial charge is 0.369 e. The van der Waals surface area contributed by atoms with Gasteiger partial charge in [0.2, 0.25) is 0 Å². The number of anilines is 1. The summed E-state index contributed by atoms with van der Waals surface area (Å²) in [5.74, 6) is 1.51. The second-order valence-corrected chi connectivity index (χ2v) is 6.43. The molecule has 0 bridgehead atoms. The average molecular weight is 330 g/mol. The fraction of sp³-hybridized carbons (Fsp3) is 0.353. The van der Waals surface area contributed by atoms with Crippen LogP contribution in [0.4, 0.5) is 5.82 Å². The number of nitrogens with zero attached hydrogens (tertiary/aromatic N) is 4. The molecular weight excluding hydrogens is 310 g/mol. The number of halogens is 1. The van der Waals surface area contributed by atoms with Gasteiger partial charge in [-0.05, 0) is 30.0 Å². The third kappa shape index (κ3) is 3.79. The zero-order valence-electron chi connectivity index (χ0n) is 13.3. The summed E-state index contributed by atoms with van der Waals surface area (Å²) in [5.41, 5.74) is 1.97. The summed E-state index contributed by atoms with van der Waals surface area (Å²) in [6.07, 6.45) is 4.51. The van der Waals surface area contributed by atoms with Crippen LogP contribution in [0.5, 0.6) is 0 Å². The van der Waals surface area contributed by atoms with E-state index in [9.17, 15) is 0 Å². The lowest BCUT2D eigenvalue weighted by Gasteiger charge is -2.08. The Morgan fingerprint density at radius 2 is 1.96 bits per heavy atom. The molecule has 6 heteroatoms. The Hall–Kier alpha value is -2.14. The van der Waals surface area contributed by atoms with Crippen molar-refractivity contribution in [3.63, 3.8) is 0 Å². The van der Waals surface area contributed by atoms with Gasteiger partial charge in [-0.3, -0.25) is 0 Å². The van der Waals surface area contributed by atoms with Crippen LogP contribution in [-0.2, 0) is 6.54 Å². The van der Waals surface area contributed by atoms with E-state index in [1.165, 1.54) is 0 Å². The van der Waals surface area contributed by atoms with Gasteiger partial charge in [0.15, 0.2) is 5.65 Å². The fourth-order valence-corrected chi connectivity index (χ4v) is 2.52. The second kappa shape index (κ2) is 6.96. The van der Waals surface area contributed by atoms with Crippen LogP contribution in [0.3, 0.4) is 0 Å². The zero-order valence-corrected chi connectivity index (χ0v) is 14.1. The van der Waals surface area contributed by atoms with Crippen molar-refractivity contribution in [1.82, 2.24) is 19.7 Å². The first kappa shape index (κ1) is 15.7. The van der Waals surface area contributed by atoms with E-state index in [-0.39, 0.29) is 0 Å². The molecule has 23 heavy (non-hydrogen) atoms. The Morgan fingerprint density at radius 3 is 2.70 bits per heavy atom. The first-order chi connectivity index (χ1) is 11.1. The minimum atomic E-state index is 0.656. The quantitative estimate of drug-likeness (QED) is 0.743. The highest BCUT2D eigenvalue weighted by atomic mass is 35.5. The highest BCUT2D eigenvalue weighted by Gasteiger charge is 2.10. The van der Waals surface area contributed by atoms with E-state index in [2.05, 4.69) is 34.2 Å². The highest BCUT2D eigenvalue weighted by molar-refractivity contribution is 6.30. The lowest BCUT2D eigenvalue weighted by atomic mass is 10.1. The molecule has 120 valence electrons. The number of rotatable bonds is 6. The smallest absolute Gasteiger partial charge is 0.163 e. The van der Waals surface area contributed by atoms with Crippen molar-refractivity contribution in [1.29, 1.82) is 0 Å². The van der Waals surface area contributed by atoms with Gasteiger partial charge in [0.1, 0.15) is 12.1 Å². The van der Waals surface area contributed by atoms with E-state index >= 15 is 0 Å². The maximum absolute atomic E-state index is 5.93. The molecule has 1 aromatic carbocycles. The Labute approximate surface area is 140 Å². The molecule has 0 radical (unpaired) electrons. The van der Waals surface area contributed by atoms with Gasteiger partial charge in [-0.2, -0.15) is 5.10 Å². The zero-order chi connectivity index (χ0) is 16.2. The lowest BCUT2D eigenvalue weighted by molar-refractivity contribution is 0.607. The number of nitrogens with one attached hydrogen (secondary N) is 1. The van der Waals surface area contributed by atoms with Crippen LogP contribution in [0.15, 0.2) is 36.8 Å². The molecule has 1 N–H and O–H groups in total. The maximum Gasteiger partial charge on any atom is 0.163 e. The van der Waals surface area contributed by atoms with Gasteiger partial charge in [-0.15, -0.1) is 0 Å². The SMILES string of the molecule is CC(C)CCNc1ncnc2c1cnn2Cc1ccc(Cl)cc1. The summed E-state index contributed by atoms with van der Waals surface area (Å²) in [5, 5.41) is 9.52. The summed E-state index contributed by atoms with van der Waals surface area (Å²) < 4.78 is 1.88. The summed E-state index contributed by atoms with van der Waals surface area (Å²) >= 11 is 5.93. The van der Waals surface area contributed by atoms with Crippen molar-refractivity contribution < 1.29 is 0 Å². The summed E-state index contributed by atoms with van der Waals surface area (Å²) in [7, 11) is 0. The molecule has 3 aromatic rings. The number of benzene rings is 1. The maximum atomic E-state index is 5.93. The van der Waals surface area contributed by atoms with Crippen LogP contribution in [0.2, 0.25) is 5.02 Å². The van der Waals surface area contributed by atoms with Gasteiger partial charge in [-0.1, -0.05) is 37.6 Å². The van der Waals surface area contributed by atoms with Gasteiger partial charge in [0.05, 0.1) is 18.1 Å². The molecule has 2 heterocycles. The topological polar surface area (TPSA) is 55.6 Å². The first-order valence-electron chi connectivity index (χ1n) is 7.78. The molecule has 3 rings (SSSR count). The summed E-state index contributed by atoms with van der Waals surface area (Å²) in [6, 6.07) is 7.77. The van der Waals surface area contributed by atoms with Crippen LogP contribution in [-0.4, -0.2) is 26.3 Å². The molecule has 0 saturated heterocycles. The Bertz CT molecular complexity index is 779. The molecule has 0 unspecified atom stereocenters. The van der Waals surface area contributed by atoms with Gasteiger partial charge in [-0.25, -0.2) is 14.6 Å². The second-order valence-electron chi connectivity index (χ2n) is 6.00. The summed E-state index contributed by atoms with van der Waals surface area (Å²) in [4.78, 5) is 8.72. The predicted molar refractivity (Wildman–Crippen MR) is 93.8 cm³/mol. The first-order valence-corrected chi connectivity index (χ1v) is 8.16. The van der Waals surface area contributed by atoms with Crippen molar-refractivity contribution in [2.24, 2.45) is 5.92 Å². The minimum Gasteiger partial charge on any atom is -0.369 e. The molecule has 5 nitrogen and oxygen atoms in total. The predicted octanol–water partition coefficient (Wildman–Crippen LogP) is 3.99. The number of fused-ring (bicyclic) bond motifs is 1. The normalized spacial score (nSPS) is 11.3. The third-order valence-electron chi connectivity index (χ3n) is 3.69. The van der Waals surface area contributed by atoms with Crippen molar-refractivity contribution in [3.05, 3.63) is 47.4 Å². The van der Waals surface area contributed by atoms with Gasteiger partial charge in [0.25, 0.3) is 0 Å². The minimum absolute atomic E-state index is 0.656. The number of aromatic nitrogens is 4. The van der Waals surface area contributed by atoms with E-state index in [1.54, 1.807) is 6.33 Å². The molecule has 0 spiro atoms. The van der Waals surface area contributed by atoms with Crippen LogP contribution in [0, 0.1) is 5.92 Å². The molecule has 0 aliphatic heterocycles. The Balaban J connectivity index is 1.81. The summed E-state index contributed by atoms with van der Waals surface area (Å²) in [6.45, 7) is 5.97. The van der Waals surface area contributed by atoms with E-state index in [0.29, 0.717) is 12.5 Å².